The SMILES string of the molecule is CNC(CSc1ccc(Cl)cn1)c1cccc(OC)c1. The molecule has 1 atom stereocenters. The van der Waals surface area contributed by atoms with E-state index in [9.17, 15) is 0 Å². The average Bonchev–Trinajstić information content (AvgIpc) is 2.50. The maximum absolute atomic E-state index is 5.83. The number of aromatic nitrogens is 1. The zero-order chi connectivity index (χ0) is 14.4. The van der Waals surface area contributed by atoms with Crippen molar-refractivity contribution in [2.45, 2.75) is 11.1 Å². The van der Waals surface area contributed by atoms with Gasteiger partial charge < -0.3 is 10.1 Å². The Kier molecular flexibility index (Phi) is 5.71. The van der Waals surface area contributed by atoms with Crippen molar-refractivity contribution in [3.63, 3.8) is 0 Å². The molecule has 1 aromatic carbocycles. The summed E-state index contributed by atoms with van der Waals surface area (Å²) in [5.41, 5.74) is 1.20. The van der Waals surface area contributed by atoms with E-state index in [4.69, 9.17) is 16.3 Å². The smallest absolute Gasteiger partial charge is 0.119 e. The van der Waals surface area contributed by atoms with E-state index < -0.39 is 0 Å². The van der Waals surface area contributed by atoms with Crippen LogP contribution in [-0.2, 0) is 0 Å². The molecule has 2 aromatic rings. The third-order valence-corrected chi connectivity index (χ3v) is 4.20. The summed E-state index contributed by atoms with van der Waals surface area (Å²) in [6, 6.07) is 12.1. The Labute approximate surface area is 128 Å². The van der Waals surface area contributed by atoms with E-state index in [1.807, 2.05) is 31.3 Å². The standard InChI is InChI=1S/C15H17ClN2OS/c1-17-14(11-4-3-5-13(8-11)19-2)10-20-15-7-6-12(16)9-18-15/h3-9,14,17H,10H2,1-2H3. The molecule has 5 heteroatoms. The van der Waals surface area contributed by atoms with Crippen molar-refractivity contribution in [1.29, 1.82) is 0 Å². The second-order valence-electron chi connectivity index (χ2n) is 4.24. The molecule has 1 N–H and O–H groups in total. The van der Waals surface area contributed by atoms with Gasteiger partial charge in [-0.25, -0.2) is 4.98 Å². The number of hydrogen-bond acceptors (Lipinski definition) is 4. The number of nitrogens with one attached hydrogen (secondary N) is 1. The van der Waals surface area contributed by atoms with E-state index in [0.717, 1.165) is 16.5 Å². The fraction of sp³-hybridized carbons (Fsp3) is 0.267. The van der Waals surface area contributed by atoms with Crippen molar-refractivity contribution in [1.82, 2.24) is 10.3 Å². The van der Waals surface area contributed by atoms with Gasteiger partial charge in [0.1, 0.15) is 5.75 Å². The van der Waals surface area contributed by atoms with Gasteiger partial charge in [-0.1, -0.05) is 23.7 Å². The van der Waals surface area contributed by atoms with Crippen molar-refractivity contribution >= 4 is 23.4 Å². The van der Waals surface area contributed by atoms with Crippen LogP contribution in [0.25, 0.3) is 0 Å². The Morgan fingerprint density at radius 1 is 1.35 bits per heavy atom. The van der Waals surface area contributed by atoms with Crippen LogP contribution in [0.3, 0.4) is 0 Å². The molecule has 3 nitrogen and oxygen atoms in total. The molecule has 0 aliphatic carbocycles. The van der Waals surface area contributed by atoms with Crippen LogP contribution >= 0.6 is 23.4 Å². The Balaban J connectivity index is 2.03. The molecule has 20 heavy (non-hydrogen) atoms. The van der Waals surface area contributed by atoms with Crippen molar-refractivity contribution in [2.24, 2.45) is 0 Å². The molecule has 0 aliphatic heterocycles. The minimum absolute atomic E-state index is 0.243. The lowest BCUT2D eigenvalue weighted by Gasteiger charge is -2.16. The van der Waals surface area contributed by atoms with Crippen LogP contribution in [0.2, 0.25) is 5.02 Å². The molecule has 106 valence electrons. The van der Waals surface area contributed by atoms with E-state index in [-0.39, 0.29) is 6.04 Å². The molecular formula is C15H17ClN2OS. The quantitative estimate of drug-likeness (QED) is 0.823. The topological polar surface area (TPSA) is 34.2 Å². The van der Waals surface area contributed by atoms with E-state index >= 15 is 0 Å². The summed E-state index contributed by atoms with van der Waals surface area (Å²) in [4.78, 5) is 4.29. The maximum Gasteiger partial charge on any atom is 0.119 e. The first-order chi connectivity index (χ1) is 9.72. The van der Waals surface area contributed by atoms with Gasteiger partial charge in [-0.15, -0.1) is 11.8 Å². The molecule has 0 radical (unpaired) electrons. The summed E-state index contributed by atoms with van der Waals surface area (Å²) in [6.45, 7) is 0. The molecule has 0 spiro atoms. The molecule has 0 bridgehead atoms. The number of nitrogens with zero attached hydrogens (tertiary/aromatic N) is 1. The first kappa shape index (κ1) is 15.2. The van der Waals surface area contributed by atoms with Crippen LogP contribution in [0, 0.1) is 0 Å². The number of benzene rings is 1. The molecule has 1 unspecified atom stereocenters. The number of thioether (sulfide) groups is 1. The second-order valence-corrected chi connectivity index (χ2v) is 5.72. The van der Waals surface area contributed by atoms with Gasteiger partial charge in [0.15, 0.2) is 0 Å². The lowest BCUT2D eigenvalue weighted by atomic mass is 10.1. The van der Waals surface area contributed by atoms with Gasteiger partial charge in [-0.3, -0.25) is 0 Å². The minimum atomic E-state index is 0.243. The van der Waals surface area contributed by atoms with Crippen molar-refractivity contribution in [3.8, 4) is 5.75 Å². The molecule has 0 aliphatic rings. The fourth-order valence-corrected chi connectivity index (χ4v) is 2.92. The number of ether oxygens (including phenoxy) is 1. The highest BCUT2D eigenvalue weighted by Crippen LogP contribution is 2.25. The highest BCUT2D eigenvalue weighted by atomic mass is 35.5. The van der Waals surface area contributed by atoms with E-state index in [1.54, 1.807) is 25.1 Å². The van der Waals surface area contributed by atoms with E-state index in [1.165, 1.54) is 5.56 Å². The molecular weight excluding hydrogens is 292 g/mol. The van der Waals surface area contributed by atoms with E-state index in [0.29, 0.717) is 5.02 Å². The molecule has 1 aromatic heterocycles. The van der Waals surface area contributed by atoms with Crippen molar-refractivity contribution in [3.05, 3.63) is 53.2 Å². The number of halogens is 1. The highest BCUT2D eigenvalue weighted by Gasteiger charge is 2.11. The first-order valence-corrected chi connectivity index (χ1v) is 7.65. The molecule has 0 fully saturated rings. The van der Waals surface area contributed by atoms with Crippen LogP contribution in [0.1, 0.15) is 11.6 Å². The van der Waals surface area contributed by atoms with Crippen LogP contribution in [-0.4, -0.2) is 24.9 Å². The minimum Gasteiger partial charge on any atom is -0.497 e. The van der Waals surface area contributed by atoms with Gasteiger partial charge >= 0.3 is 0 Å². The normalized spacial score (nSPS) is 12.2. The van der Waals surface area contributed by atoms with Gasteiger partial charge in [-0.2, -0.15) is 0 Å². The first-order valence-electron chi connectivity index (χ1n) is 6.28. The van der Waals surface area contributed by atoms with Gasteiger partial charge in [0.05, 0.1) is 17.2 Å². The van der Waals surface area contributed by atoms with Gasteiger partial charge in [-0.05, 0) is 36.9 Å². The predicted molar refractivity (Wildman–Crippen MR) is 84.8 cm³/mol. The summed E-state index contributed by atoms with van der Waals surface area (Å²) in [6.07, 6.45) is 1.67. The number of methoxy groups -OCH3 is 1. The Morgan fingerprint density at radius 3 is 2.85 bits per heavy atom. The van der Waals surface area contributed by atoms with Crippen LogP contribution in [0.4, 0.5) is 0 Å². The summed E-state index contributed by atoms with van der Waals surface area (Å²) in [5.74, 6) is 1.76. The van der Waals surface area contributed by atoms with Gasteiger partial charge in [0.25, 0.3) is 0 Å². The summed E-state index contributed by atoms with van der Waals surface area (Å²) in [5, 5.41) is 4.95. The zero-order valence-electron chi connectivity index (χ0n) is 11.5. The molecule has 0 saturated heterocycles. The number of rotatable bonds is 6. The average molecular weight is 309 g/mol. The van der Waals surface area contributed by atoms with Crippen LogP contribution in [0.5, 0.6) is 5.75 Å². The Bertz CT molecular complexity index is 548. The lowest BCUT2D eigenvalue weighted by molar-refractivity contribution is 0.413. The lowest BCUT2D eigenvalue weighted by Crippen LogP contribution is -2.18. The Hall–Kier alpha value is -1.23. The second kappa shape index (κ2) is 7.53. The fourth-order valence-electron chi connectivity index (χ4n) is 1.82. The molecule has 2 rings (SSSR count). The maximum atomic E-state index is 5.83. The van der Waals surface area contributed by atoms with Crippen LogP contribution in [0.15, 0.2) is 47.6 Å². The summed E-state index contributed by atoms with van der Waals surface area (Å²) < 4.78 is 5.26. The summed E-state index contributed by atoms with van der Waals surface area (Å²) >= 11 is 7.53. The van der Waals surface area contributed by atoms with Crippen LogP contribution < -0.4 is 10.1 Å². The number of pyridine rings is 1. The molecule has 0 saturated carbocycles. The molecule has 1 heterocycles. The largest absolute Gasteiger partial charge is 0.497 e. The van der Waals surface area contributed by atoms with Crippen molar-refractivity contribution < 1.29 is 4.74 Å². The zero-order valence-corrected chi connectivity index (χ0v) is 13.0. The number of hydrogen-bond donors (Lipinski definition) is 1. The molecule has 0 amide bonds. The highest BCUT2D eigenvalue weighted by molar-refractivity contribution is 7.99. The Morgan fingerprint density at radius 2 is 2.20 bits per heavy atom. The third kappa shape index (κ3) is 4.13. The van der Waals surface area contributed by atoms with Gasteiger partial charge in [0, 0.05) is 18.0 Å². The van der Waals surface area contributed by atoms with Gasteiger partial charge in [0.2, 0.25) is 0 Å². The summed E-state index contributed by atoms with van der Waals surface area (Å²) in [7, 11) is 3.64. The van der Waals surface area contributed by atoms with Crippen molar-refractivity contribution in [2.75, 3.05) is 19.9 Å². The van der Waals surface area contributed by atoms with E-state index in [2.05, 4.69) is 22.4 Å². The third-order valence-electron chi connectivity index (χ3n) is 2.94. The monoisotopic (exact) mass is 308 g/mol. The predicted octanol–water partition coefficient (Wildman–Crippen LogP) is 3.80.